The highest BCUT2D eigenvalue weighted by Crippen LogP contribution is 2.06. The van der Waals surface area contributed by atoms with Crippen LogP contribution in [0, 0.1) is 0 Å². The van der Waals surface area contributed by atoms with Crippen molar-refractivity contribution in [3.8, 4) is 0 Å². The molecule has 0 aliphatic carbocycles. The van der Waals surface area contributed by atoms with Crippen LogP contribution in [-0.2, 0) is 0 Å². The molecule has 0 spiro atoms. The van der Waals surface area contributed by atoms with E-state index in [1.807, 2.05) is 0 Å². The molecule has 0 rings (SSSR count). The summed E-state index contributed by atoms with van der Waals surface area (Å²) in [7, 11) is 2.24. The summed E-state index contributed by atoms with van der Waals surface area (Å²) in [5.74, 6) is 0. The fraction of sp³-hybridized carbons (Fsp3) is 1.00. The highest BCUT2D eigenvalue weighted by Gasteiger charge is 2.06. The molecule has 2 N–H and O–H groups in total. The maximum Gasteiger partial charge on any atom is 0.00637 e. The SMILES string of the molecule is CCCC(C)N(C)CCCCCCN. The third-order valence-corrected chi connectivity index (χ3v) is 2.92. The van der Waals surface area contributed by atoms with Crippen LogP contribution in [0.4, 0.5) is 0 Å². The van der Waals surface area contributed by atoms with Gasteiger partial charge in [-0.1, -0.05) is 26.2 Å². The van der Waals surface area contributed by atoms with Gasteiger partial charge in [0.05, 0.1) is 0 Å². The van der Waals surface area contributed by atoms with E-state index in [1.54, 1.807) is 0 Å². The Morgan fingerprint density at radius 2 is 1.79 bits per heavy atom. The molecule has 0 heterocycles. The lowest BCUT2D eigenvalue weighted by Gasteiger charge is -2.24. The smallest absolute Gasteiger partial charge is 0.00637 e. The van der Waals surface area contributed by atoms with Crippen molar-refractivity contribution in [1.82, 2.24) is 4.90 Å². The van der Waals surface area contributed by atoms with Gasteiger partial charge in [0, 0.05) is 6.04 Å². The van der Waals surface area contributed by atoms with Gasteiger partial charge in [-0.05, 0) is 46.3 Å². The van der Waals surface area contributed by atoms with Crippen molar-refractivity contribution in [1.29, 1.82) is 0 Å². The molecule has 0 aliphatic rings. The summed E-state index contributed by atoms with van der Waals surface area (Å²) in [5, 5.41) is 0. The van der Waals surface area contributed by atoms with Gasteiger partial charge in [-0.15, -0.1) is 0 Å². The maximum atomic E-state index is 5.45. The van der Waals surface area contributed by atoms with Gasteiger partial charge in [-0.25, -0.2) is 0 Å². The highest BCUT2D eigenvalue weighted by atomic mass is 15.1. The molecule has 1 atom stereocenters. The van der Waals surface area contributed by atoms with E-state index in [-0.39, 0.29) is 0 Å². The van der Waals surface area contributed by atoms with Crippen LogP contribution in [0.2, 0.25) is 0 Å². The molecular weight excluding hydrogens is 172 g/mol. The molecule has 1 unspecified atom stereocenters. The normalized spacial score (nSPS) is 13.5. The first kappa shape index (κ1) is 13.9. The van der Waals surface area contributed by atoms with Gasteiger partial charge in [-0.2, -0.15) is 0 Å². The standard InChI is InChI=1S/C12H28N2/c1-4-9-12(2)14(3)11-8-6-5-7-10-13/h12H,4-11,13H2,1-3H3. The fourth-order valence-corrected chi connectivity index (χ4v) is 1.72. The van der Waals surface area contributed by atoms with Gasteiger partial charge < -0.3 is 10.6 Å². The first-order valence-corrected chi connectivity index (χ1v) is 6.12. The van der Waals surface area contributed by atoms with Gasteiger partial charge in [0.2, 0.25) is 0 Å². The number of nitrogens with zero attached hydrogens (tertiary/aromatic N) is 1. The van der Waals surface area contributed by atoms with Crippen molar-refractivity contribution >= 4 is 0 Å². The quantitative estimate of drug-likeness (QED) is 0.580. The Labute approximate surface area is 89.9 Å². The average Bonchev–Trinajstić information content (AvgIpc) is 2.17. The molecular formula is C12H28N2. The molecule has 0 amide bonds. The van der Waals surface area contributed by atoms with Crippen molar-refractivity contribution in [2.75, 3.05) is 20.1 Å². The minimum Gasteiger partial charge on any atom is -0.330 e. The van der Waals surface area contributed by atoms with E-state index in [4.69, 9.17) is 5.73 Å². The molecule has 0 fully saturated rings. The molecule has 86 valence electrons. The van der Waals surface area contributed by atoms with E-state index in [0.717, 1.165) is 12.6 Å². The van der Waals surface area contributed by atoms with Gasteiger partial charge in [0.25, 0.3) is 0 Å². The Bertz CT molecular complexity index is 115. The Hall–Kier alpha value is -0.0800. The first-order chi connectivity index (χ1) is 6.72. The van der Waals surface area contributed by atoms with Gasteiger partial charge in [0.15, 0.2) is 0 Å². The lowest BCUT2D eigenvalue weighted by molar-refractivity contribution is 0.239. The number of nitrogens with two attached hydrogens (primary N) is 1. The summed E-state index contributed by atoms with van der Waals surface area (Å²) in [6.07, 6.45) is 7.75. The topological polar surface area (TPSA) is 29.3 Å². The van der Waals surface area contributed by atoms with E-state index < -0.39 is 0 Å². The lowest BCUT2D eigenvalue weighted by atomic mass is 10.1. The zero-order valence-electron chi connectivity index (χ0n) is 10.3. The Morgan fingerprint density at radius 1 is 1.14 bits per heavy atom. The van der Waals surface area contributed by atoms with Crippen molar-refractivity contribution < 1.29 is 0 Å². The summed E-state index contributed by atoms with van der Waals surface area (Å²) >= 11 is 0. The zero-order valence-corrected chi connectivity index (χ0v) is 10.3. The summed E-state index contributed by atoms with van der Waals surface area (Å²) < 4.78 is 0. The molecule has 0 saturated heterocycles. The molecule has 2 heteroatoms. The Balaban J connectivity index is 3.29. The molecule has 0 aliphatic heterocycles. The van der Waals surface area contributed by atoms with Crippen LogP contribution in [0.5, 0.6) is 0 Å². The summed E-state index contributed by atoms with van der Waals surface area (Å²) in [6.45, 7) is 6.67. The average molecular weight is 200 g/mol. The zero-order chi connectivity index (χ0) is 10.8. The van der Waals surface area contributed by atoms with Crippen molar-refractivity contribution in [2.45, 2.75) is 58.4 Å². The van der Waals surface area contributed by atoms with Gasteiger partial charge in [0.1, 0.15) is 0 Å². The van der Waals surface area contributed by atoms with Crippen molar-refractivity contribution in [3.63, 3.8) is 0 Å². The highest BCUT2D eigenvalue weighted by molar-refractivity contribution is 4.62. The number of rotatable bonds is 9. The molecule has 0 radical (unpaired) electrons. The summed E-state index contributed by atoms with van der Waals surface area (Å²) in [4.78, 5) is 2.48. The minimum absolute atomic E-state index is 0.745. The first-order valence-electron chi connectivity index (χ1n) is 6.12. The second-order valence-electron chi connectivity index (χ2n) is 4.32. The number of hydrogen-bond donors (Lipinski definition) is 1. The van der Waals surface area contributed by atoms with E-state index in [1.165, 1.54) is 45.1 Å². The van der Waals surface area contributed by atoms with Crippen LogP contribution in [-0.4, -0.2) is 31.1 Å². The van der Waals surface area contributed by atoms with Gasteiger partial charge >= 0.3 is 0 Å². The van der Waals surface area contributed by atoms with Crippen LogP contribution in [0.3, 0.4) is 0 Å². The van der Waals surface area contributed by atoms with E-state index >= 15 is 0 Å². The maximum absolute atomic E-state index is 5.45. The molecule has 0 saturated carbocycles. The van der Waals surface area contributed by atoms with E-state index in [2.05, 4.69) is 25.8 Å². The molecule has 0 bridgehead atoms. The second kappa shape index (κ2) is 9.47. The monoisotopic (exact) mass is 200 g/mol. The molecule has 14 heavy (non-hydrogen) atoms. The third kappa shape index (κ3) is 7.34. The summed E-state index contributed by atoms with van der Waals surface area (Å²) in [6, 6.07) is 0.745. The molecule has 2 nitrogen and oxygen atoms in total. The lowest BCUT2D eigenvalue weighted by Crippen LogP contribution is -2.29. The molecule has 0 aromatic heterocycles. The van der Waals surface area contributed by atoms with E-state index in [0.29, 0.717) is 0 Å². The molecule has 0 aromatic rings. The Kier molecular flexibility index (Phi) is 9.42. The van der Waals surface area contributed by atoms with Crippen molar-refractivity contribution in [3.05, 3.63) is 0 Å². The van der Waals surface area contributed by atoms with Crippen LogP contribution in [0.15, 0.2) is 0 Å². The fourth-order valence-electron chi connectivity index (χ4n) is 1.72. The third-order valence-electron chi connectivity index (χ3n) is 2.92. The second-order valence-corrected chi connectivity index (χ2v) is 4.32. The predicted octanol–water partition coefficient (Wildman–Crippen LogP) is 2.63. The molecule has 0 aromatic carbocycles. The van der Waals surface area contributed by atoms with Crippen LogP contribution in [0.1, 0.15) is 52.4 Å². The minimum atomic E-state index is 0.745. The number of hydrogen-bond acceptors (Lipinski definition) is 2. The summed E-state index contributed by atoms with van der Waals surface area (Å²) in [5.41, 5.74) is 5.45. The van der Waals surface area contributed by atoms with Crippen molar-refractivity contribution in [2.24, 2.45) is 5.73 Å². The van der Waals surface area contributed by atoms with Crippen LogP contribution in [0.25, 0.3) is 0 Å². The largest absolute Gasteiger partial charge is 0.330 e. The van der Waals surface area contributed by atoms with Crippen LogP contribution < -0.4 is 5.73 Å². The Morgan fingerprint density at radius 3 is 2.36 bits per heavy atom. The van der Waals surface area contributed by atoms with Crippen LogP contribution >= 0.6 is 0 Å². The number of unbranched alkanes of at least 4 members (excludes halogenated alkanes) is 3. The van der Waals surface area contributed by atoms with Gasteiger partial charge in [-0.3, -0.25) is 0 Å². The predicted molar refractivity (Wildman–Crippen MR) is 64.5 cm³/mol. The van der Waals surface area contributed by atoms with E-state index in [9.17, 15) is 0 Å².